The van der Waals surface area contributed by atoms with E-state index in [1.807, 2.05) is 0 Å². The number of hydrogen-bond acceptors (Lipinski definition) is 5. The summed E-state index contributed by atoms with van der Waals surface area (Å²) in [5.41, 5.74) is 0.0946. The maximum Gasteiger partial charge on any atom is 0.337 e. The van der Waals surface area contributed by atoms with Gasteiger partial charge in [0.15, 0.2) is 0 Å². The fourth-order valence-corrected chi connectivity index (χ4v) is 2.07. The second-order valence-electron chi connectivity index (χ2n) is 4.12. The van der Waals surface area contributed by atoms with E-state index in [2.05, 4.69) is 5.32 Å². The van der Waals surface area contributed by atoms with Crippen molar-refractivity contribution >= 4 is 21.7 Å². The average Bonchev–Trinajstić information content (AvgIpc) is 2.27. The molecular formula is C11H16N2O5S. The van der Waals surface area contributed by atoms with Crippen LogP contribution in [0.3, 0.4) is 0 Å². The highest BCUT2D eigenvalue weighted by molar-refractivity contribution is 7.89. The quantitative estimate of drug-likeness (QED) is 0.592. The van der Waals surface area contributed by atoms with Crippen LogP contribution in [0.4, 0.5) is 5.69 Å². The second kappa shape index (κ2) is 6.00. The Kier molecular flexibility index (Phi) is 4.87. The topological polar surface area (TPSA) is 130 Å². The van der Waals surface area contributed by atoms with Gasteiger partial charge < -0.3 is 15.5 Å². The van der Waals surface area contributed by atoms with Gasteiger partial charge in [0.1, 0.15) is 0 Å². The predicted molar refractivity (Wildman–Crippen MR) is 69.6 cm³/mol. The van der Waals surface area contributed by atoms with E-state index >= 15 is 0 Å². The first-order valence-electron chi connectivity index (χ1n) is 5.53. The molecule has 0 fully saturated rings. The van der Waals surface area contributed by atoms with Gasteiger partial charge >= 0.3 is 5.97 Å². The fourth-order valence-electron chi connectivity index (χ4n) is 1.53. The van der Waals surface area contributed by atoms with E-state index in [9.17, 15) is 13.2 Å². The summed E-state index contributed by atoms with van der Waals surface area (Å²) < 4.78 is 22.4. The molecule has 8 heteroatoms. The van der Waals surface area contributed by atoms with Crippen LogP contribution in [0.5, 0.6) is 0 Å². The van der Waals surface area contributed by atoms with Gasteiger partial charge in [0.05, 0.1) is 10.5 Å². The maximum absolute atomic E-state index is 11.2. The number of carboxylic acids is 1. The number of aliphatic hydroxyl groups is 1. The van der Waals surface area contributed by atoms with Gasteiger partial charge in [-0.1, -0.05) is 0 Å². The van der Waals surface area contributed by atoms with Crippen molar-refractivity contribution in [1.82, 2.24) is 0 Å². The summed E-state index contributed by atoms with van der Waals surface area (Å²) in [7, 11) is -3.95. The molecule has 0 aromatic heterocycles. The van der Waals surface area contributed by atoms with E-state index in [4.69, 9.17) is 15.4 Å². The number of anilines is 1. The lowest BCUT2D eigenvalue weighted by molar-refractivity contribution is 0.0697. The zero-order chi connectivity index (χ0) is 14.6. The molecule has 1 aromatic carbocycles. The molecule has 0 saturated carbocycles. The minimum atomic E-state index is -3.95. The molecule has 0 aliphatic heterocycles. The number of hydrogen-bond donors (Lipinski definition) is 4. The molecule has 0 spiro atoms. The highest BCUT2D eigenvalue weighted by Gasteiger charge is 2.16. The molecule has 1 atom stereocenters. The number of rotatable bonds is 6. The van der Waals surface area contributed by atoms with E-state index < -0.39 is 16.0 Å². The number of benzene rings is 1. The van der Waals surface area contributed by atoms with Crippen molar-refractivity contribution in [2.45, 2.75) is 24.3 Å². The second-order valence-corrected chi connectivity index (χ2v) is 5.68. The monoisotopic (exact) mass is 288 g/mol. The van der Waals surface area contributed by atoms with Gasteiger partial charge in [0.25, 0.3) is 0 Å². The Morgan fingerprint density at radius 2 is 2.11 bits per heavy atom. The summed E-state index contributed by atoms with van der Waals surface area (Å²) >= 11 is 0. The molecule has 1 rings (SSSR count). The van der Waals surface area contributed by atoms with E-state index in [1.165, 1.54) is 12.1 Å². The zero-order valence-corrected chi connectivity index (χ0v) is 11.1. The molecular weight excluding hydrogens is 272 g/mol. The SMILES string of the molecule is CC(CCO)Nc1ccc(S(N)(=O)=O)cc1C(=O)O. The van der Waals surface area contributed by atoms with Crippen LogP contribution in [0, 0.1) is 0 Å². The van der Waals surface area contributed by atoms with Crippen LogP contribution in [-0.4, -0.2) is 37.2 Å². The lowest BCUT2D eigenvalue weighted by Gasteiger charge is -2.16. The number of carboxylic acid groups (broad SMARTS) is 1. The third-order valence-corrected chi connectivity index (χ3v) is 3.42. The number of primary sulfonamides is 1. The summed E-state index contributed by atoms with van der Waals surface area (Å²) in [6, 6.07) is 3.43. The third-order valence-electron chi connectivity index (χ3n) is 2.51. The number of nitrogens with two attached hydrogens (primary N) is 1. The molecule has 5 N–H and O–H groups in total. The highest BCUT2D eigenvalue weighted by atomic mass is 32.2. The summed E-state index contributed by atoms with van der Waals surface area (Å²) in [4.78, 5) is 10.9. The minimum absolute atomic E-state index is 0.0359. The Balaban J connectivity index is 3.16. The lowest BCUT2D eigenvalue weighted by atomic mass is 10.1. The molecule has 0 aliphatic rings. The van der Waals surface area contributed by atoms with Crippen LogP contribution < -0.4 is 10.5 Å². The summed E-state index contributed by atoms with van der Waals surface area (Å²) in [5.74, 6) is -1.26. The van der Waals surface area contributed by atoms with Crippen molar-refractivity contribution in [3.63, 3.8) is 0 Å². The standard InChI is InChI=1S/C11H16N2O5S/c1-7(4-5-14)13-10-3-2-8(19(12,17)18)6-9(10)11(15)16/h2-3,6-7,13-14H,4-5H2,1H3,(H,15,16)(H2,12,17,18). The Hall–Kier alpha value is -1.64. The minimum Gasteiger partial charge on any atom is -0.478 e. The highest BCUT2D eigenvalue weighted by Crippen LogP contribution is 2.21. The summed E-state index contributed by atoms with van der Waals surface area (Å²) in [6.07, 6.45) is 0.440. The summed E-state index contributed by atoms with van der Waals surface area (Å²) in [5, 5.41) is 25.7. The molecule has 19 heavy (non-hydrogen) atoms. The molecule has 7 nitrogen and oxygen atoms in total. The van der Waals surface area contributed by atoms with Crippen LogP contribution in [0.25, 0.3) is 0 Å². The number of aliphatic hydroxyl groups excluding tert-OH is 1. The van der Waals surface area contributed by atoms with E-state index in [1.54, 1.807) is 6.92 Å². The third kappa shape index (κ3) is 4.19. The van der Waals surface area contributed by atoms with Crippen molar-refractivity contribution in [3.8, 4) is 0 Å². The number of nitrogens with one attached hydrogen (secondary N) is 1. The Labute approximate surface area is 111 Å². The molecule has 0 amide bonds. The largest absolute Gasteiger partial charge is 0.478 e. The van der Waals surface area contributed by atoms with Crippen molar-refractivity contribution in [2.24, 2.45) is 5.14 Å². The fraction of sp³-hybridized carbons (Fsp3) is 0.364. The Morgan fingerprint density at radius 1 is 1.47 bits per heavy atom. The van der Waals surface area contributed by atoms with Crippen molar-refractivity contribution < 1.29 is 23.4 Å². The molecule has 0 aliphatic carbocycles. The van der Waals surface area contributed by atoms with Gasteiger partial charge in [-0.15, -0.1) is 0 Å². The van der Waals surface area contributed by atoms with Gasteiger partial charge in [-0.25, -0.2) is 18.4 Å². The number of carbonyl (C=O) groups is 1. The normalized spacial score (nSPS) is 13.0. The molecule has 0 heterocycles. The van der Waals surface area contributed by atoms with E-state index in [-0.39, 0.29) is 28.8 Å². The number of sulfonamides is 1. The first-order valence-corrected chi connectivity index (χ1v) is 7.08. The molecule has 0 bridgehead atoms. The van der Waals surface area contributed by atoms with Crippen molar-refractivity contribution in [3.05, 3.63) is 23.8 Å². The molecule has 1 aromatic rings. The van der Waals surface area contributed by atoms with Gasteiger partial charge in [-0.3, -0.25) is 0 Å². The van der Waals surface area contributed by atoms with Crippen molar-refractivity contribution in [2.75, 3.05) is 11.9 Å². The van der Waals surface area contributed by atoms with Crippen LogP contribution in [0.15, 0.2) is 23.1 Å². The average molecular weight is 288 g/mol. The molecule has 1 unspecified atom stereocenters. The van der Waals surface area contributed by atoms with Gasteiger partial charge in [0.2, 0.25) is 10.0 Å². The first-order chi connectivity index (χ1) is 8.75. The zero-order valence-electron chi connectivity index (χ0n) is 10.3. The Morgan fingerprint density at radius 3 is 2.58 bits per heavy atom. The maximum atomic E-state index is 11.2. The lowest BCUT2D eigenvalue weighted by Crippen LogP contribution is -2.19. The summed E-state index contributed by atoms with van der Waals surface area (Å²) in [6.45, 7) is 1.74. The smallest absolute Gasteiger partial charge is 0.337 e. The molecule has 0 saturated heterocycles. The predicted octanol–water partition coefficient (Wildman–Crippen LogP) is 0.215. The van der Waals surface area contributed by atoms with Gasteiger partial charge in [-0.2, -0.15) is 0 Å². The van der Waals surface area contributed by atoms with E-state index in [0.29, 0.717) is 6.42 Å². The van der Waals surface area contributed by atoms with E-state index in [0.717, 1.165) is 6.07 Å². The number of aromatic carboxylic acids is 1. The molecule has 0 radical (unpaired) electrons. The van der Waals surface area contributed by atoms with Gasteiger partial charge in [0, 0.05) is 18.3 Å². The van der Waals surface area contributed by atoms with Crippen molar-refractivity contribution in [1.29, 1.82) is 0 Å². The van der Waals surface area contributed by atoms with Crippen LogP contribution in [0.2, 0.25) is 0 Å². The first kappa shape index (κ1) is 15.4. The van der Waals surface area contributed by atoms with Crippen LogP contribution >= 0.6 is 0 Å². The molecule has 106 valence electrons. The Bertz CT molecular complexity index is 570. The van der Waals surface area contributed by atoms with Crippen LogP contribution in [-0.2, 0) is 10.0 Å². The van der Waals surface area contributed by atoms with Crippen LogP contribution in [0.1, 0.15) is 23.7 Å². The van der Waals surface area contributed by atoms with Gasteiger partial charge in [-0.05, 0) is 31.5 Å².